The standard InChI is InChI=1S/C23H35N7O2/c1-32-27-12-11-22(26-18-25-17-24)29-13-15-30(16-14-29)23(31)28-21-9-7-20(8-10-21)19-5-3-2-4-6-19/h7-10,12,18-19H,2-6,11,13-17,24H2,1H3,(H,28,31)/b25-18-,26-22?,27-12+. The minimum atomic E-state index is -0.0702. The van der Waals surface area contributed by atoms with Crippen LogP contribution < -0.4 is 11.1 Å². The summed E-state index contributed by atoms with van der Waals surface area (Å²) >= 11 is 0. The summed E-state index contributed by atoms with van der Waals surface area (Å²) in [5.74, 6) is 1.49. The average molecular weight is 442 g/mol. The molecule has 0 aromatic heterocycles. The summed E-state index contributed by atoms with van der Waals surface area (Å²) < 4.78 is 0. The van der Waals surface area contributed by atoms with Gasteiger partial charge in [-0.05, 0) is 36.5 Å². The lowest BCUT2D eigenvalue weighted by molar-refractivity contribution is 0.181. The summed E-state index contributed by atoms with van der Waals surface area (Å²) in [5.41, 5.74) is 7.63. The van der Waals surface area contributed by atoms with Crippen LogP contribution >= 0.6 is 0 Å². The van der Waals surface area contributed by atoms with Gasteiger partial charge in [0.15, 0.2) is 0 Å². The van der Waals surface area contributed by atoms with Crippen molar-refractivity contribution in [3.8, 4) is 0 Å². The van der Waals surface area contributed by atoms with Crippen LogP contribution in [0.2, 0.25) is 0 Å². The largest absolute Gasteiger partial charge is 0.399 e. The second-order valence-electron chi connectivity index (χ2n) is 8.06. The molecule has 1 aromatic rings. The lowest BCUT2D eigenvalue weighted by atomic mass is 9.84. The Morgan fingerprint density at radius 2 is 1.81 bits per heavy atom. The van der Waals surface area contributed by atoms with Crippen LogP contribution in [0, 0.1) is 0 Å². The van der Waals surface area contributed by atoms with E-state index in [1.165, 1.54) is 51.1 Å². The number of nitrogens with one attached hydrogen (secondary N) is 1. The third kappa shape index (κ3) is 7.05. The predicted octanol–water partition coefficient (Wildman–Crippen LogP) is 3.25. The van der Waals surface area contributed by atoms with Crippen molar-refractivity contribution in [2.24, 2.45) is 20.9 Å². The normalized spacial score (nSPS) is 18.5. The fraction of sp³-hybridized carbons (Fsp3) is 0.565. The molecule has 32 heavy (non-hydrogen) atoms. The molecule has 2 aliphatic rings. The Labute approximate surface area is 190 Å². The number of piperazine rings is 1. The fourth-order valence-corrected chi connectivity index (χ4v) is 4.26. The van der Waals surface area contributed by atoms with Crippen molar-refractivity contribution in [3.63, 3.8) is 0 Å². The molecule has 1 saturated carbocycles. The highest BCUT2D eigenvalue weighted by Gasteiger charge is 2.23. The number of nitrogens with zero attached hydrogens (tertiary/aromatic N) is 5. The van der Waals surface area contributed by atoms with Gasteiger partial charge in [0, 0.05) is 38.3 Å². The predicted molar refractivity (Wildman–Crippen MR) is 130 cm³/mol. The molecule has 9 nitrogen and oxygen atoms in total. The molecule has 3 N–H and O–H groups in total. The molecular weight excluding hydrogens is 406 g/mol. The number of nitrogens with two attached hydrogens (primary N) is 1. The summed E-state index contributed by atoms with van der Waals surface area (Å²) in [6, 6.07) is 8.30. The van der Waals surface area contributed by atoms with Gasteiger partial charge < -0.3 is 25.7 Å². The Balaban J connectivity index is 1.51. The lowest BCUT2D eigenvalue weighted by Crippen LogP contribution is -2.51. The number of amides is 2. The van der Waals surface area contributed by atoms with Gasteiger partial charge in [-0.2, -0.15) is 0 Å². The van der Waals surface area contributed by atoms with Gasteiger partial charge in [0.2, 0.25) is 0 Å². The highest BCUT2D eigenvalue weighted by Crippen LogP contribution is 2.33. The van der Waals surface area contributed by atoms with Crippen LogP contribution in [0.3, 0.4) is 0 Å². The van der Waals surface area contributed by atoms with E-state index in [0.29, 0.717) is 38.5 Å². The first-order valence-corrected chi connectivity index (χ1v) is 11.4. The van der Waals surface area contributed by atoms with Crippen LogP contribution in [0.15, 0.2) is 39.4 Å². The van der Waals surface area contributed by atoms with Gasteiger partial charge in [-0.1, -0.05) is 36.6 Å². The molecule has 0 radical (unpaired) electrons. The molecule has 9 heteroatoms. The molecule has 1 aliphatic heterocycles. The van der Waals surface area contributed by atoms with Crippen LogP contribution in [0.5, 0.6) is 0 Å². The number of urea groups is 1. The monoisotopic (exact) mass is 441 g/mol. The Hall–Kier alpha value is -2.94. The van der Waals surface area contributed by atoms with E-state index in [0.717, 1.165) is 11.5 Å². The van der Waals surface area contributed by atoms with E-state index < -0.39 is 0 Å². The maximum absolute atomic E-state index is 12.7. The summed E-state index contributed by atoms with van der Waals surface area (Å²) in [6.45, 7) is 2.79. The number of hydrogen-bond acceptors (Lipinski definition) is 5. The molecule has 2 fully saturated rings. The molecule has 1 heterocycles. The molecule has 1 aliphatic carbocycles. The number of rotatable bonds is 7. The van der Waals surface area contributed by atoms with E-state index >= 15 is 0 Å². The minimum absolute atomic E-state index is 0.0702. The van der Waals surface area contributed by atoms with Crippen molar-refractivity contribution in [2.75, 3.05) is 45.3 Å². The minimum Gasteiger partial charge on any atom is -0.399 e. The van der Waals surface area contributed by atoms with Gasteiger partial charge in [-0.15, -0.1) is 0 Å². The van der Waals surface area contributed by atoms with Gasteiger partial charge in [0.25, 0.3) is 0 Å². The fourth-order valence-electron chi connectivity index (χ4n) is 4.26. The Kier molecular flexibility index (Phi) is 9.49. The van der Waals surface area contributed by atoms with Crippen molar-refractivity contribution in [3.05, 3.63) is 29.8 Å². The average Bonchev–Trinajstić information content (AvgIpc) is 2.84. The number of amidine groups is 1. The quantitative estimate of drug-likeness (QED) is 0.385. The van der Waals surface area contributed by atoms with E-state index in [4.69, 9.17) is 10.6 Å². The summed E-state index contributed by atoms with van der Waals surface area (Å²) in [7, 11) is 1.50. The van der Waals surface area contributed by atoms with Crippen molar-refractivity contribution in [2.45, 2.75) is 44.4 Å². The molecule has 0 atom stereocenters. The SMILES string of the molecule is CO/N=C/CC(=N/C=N\CN)N1CCN(C(=O)Nc2ccc(C3CCCCC3)cc2)CC1. The van der Waals surface area contributed by atoms with Gasteiger partial charge in [0.1, 0.15) is 19.3 Å². The number of carbonyl (C=O) groups is 1. The first-order chi connectivity index (χ1) is 15.7. The van der Waals surface area contributed by atoms with Crippen LogP contribution in [-0.4, -0.2) is 74.2 Å². The zero-order chi connectivity index (χ0) is 22.6. The lowest BCUT2D eigenvalue weighted by Gasteiger charge is -2.36. The number of benzene rings is 1. The number of hydrogen-bond donors (Lipinski definition) is 2. The molecule has 3 rings (SSSR count). The van der Waals surface area contributed by atoms with Crippen LogP contribution in [0.25, 0.3) is 0 Å². The number of aliphatic imine (C=N–C) groups is 2. The van der Waals surface area contributed by atoms with E-state index in [1.807, 2.05) is 17.0 Å². The van der Waals surface area contributed by atoms with Gasteiger partial charge in [-0.3, -0.25) is 4.99 Å². The smallest absolute Gasteiger partial charge is 0.321 e. The zero-order valence-electron chi connectivity index (χ0n) is 18.9. The Morgan fingerprint density at radius 1 is 1.12 bits per heavy atom. The van der Waals surface area contributed by atoms with Gasteiger partial charge >= 0.3 is 6.03 Å². The molecule has 0 spiro atoms. The Morgan fingerprint density at radius 3 is 2.47 bits per heavy atom. The van der Waals surface area contributed by atoms with E-state index in [1.54, 1.807) is 6.21 Å². The summed E-state index contributed by atoms with van der Waals surface area (Å²) in [6.07, 6.45) is 10.2. The molecule has 1 aromatic carbocycles. The van der Waals surface area contributed by atoms with Gasteiger partial charge in [0.05, 0.1) is 12.9 Å². The first-order valence-electron chi connectivity index (χ1n) is 11.4. The second-order valence-corrected chi connectivity index (χ2v) is 8.06. The summed E-state index contributed by atoms with van der Waals surface area (Å²) in [5, 5.41) is 6.82. The zero-order valence-corrected chi connectivity index (χ0v) is 18.9. The van der Waals surface area contributed by atoms with Crippen molar-refractivity contribution >= 4 is 30.1 Å². The third-order valence-corrected chi connectivity index (χ3v) is 6.02. The van der Waals surface area contributed by atoms with Crippen molar-refractivity contribution in [1.29, 1.82) is 0 Å². The molecule has 1 saturated heterocycles. The maximum Gasteiger partial charge on any atom is 0.321 e. The number of oxime groups is 1. The van der Waals surface area contributed by atoms with E-state index in [2.05, 4.69) is 37.5 Å². The summed E-state index contributed by atoms with van der Waals surface area (Å²) in [4.78, 5) is 29.8. The third-order valence-electron chi connectivity index (χ3n) is 6.02. The number of carbonyl (C=O) groups excluding carboxylic acids is 1. The van der Waals surface area contributed by atoms with Crippen molar-refractivity contribution < 1.29 is 9.63 Å². The van der Waals surface area contributed by atoms with E-state index in [9.17, 15) is 4.79 Å². The maximum atomic E-state index is 12.7. The van der Waals surface area contributed by atoms with Gasteiger partial charge in [-0.25, -0.2) is 9.79 Å². The molecular formula is C23H35N7O2. The highest BCUT2D eigenvalue weighted by atomic mass is 16.6. The van der Waals surface area contributed by atoms with Crippen LogP contribution in [0.4, 0.5) is 10.5 Å². The topological polar surface area (TPSA) is 108 Å². The van der Waals surface area contributed by atoms with Crippen molar-refractivity contribution in [1.82, 2.24) is 9.80 Å². The van der Waals surface area contributed by atoms with Crippen LogP contribution in [0.1, 0.15) is 50.0 Å². The van der Waals surface area contributed by atoms with Crippen LogP contribution in [-0.2, 0) is 4.84 Å². The molecule has 2 amide bonds. The molecule has 0 unspecified atom stereocenters. The van der Waals surface area contributed by atoms with E-state index in [-0.39, 0.29) is 12.7 Å². The molecule has 174 valence electrons. The highest BCUT2D eigenvalue weighted by molar-refractivity contribution is 5.97. The number of anilines is 1. The Bertz CT molecular complexity index is 793. The molecule has 0 bridgehead atoms. The second kappa shape index (κ2) is 12.8. The first kappa shape index (κ1) is 23.7.